The van der Waals surface area contributed by atoms with E-state index < -0.39 is 24.8 Å². The molecule has 1 heterocycles. The monoisotopic (exact) mass is 413 g/mol. The molecule has 0 aromatic heterocycles. The zero-order valence-electron chi connectivity index (χ0n) is 16.2. The number of aliphatic carboxylic acids is 1. The molecule has 0 bridgehead atoms. The molecule has 2 N–H and O–H groups in total. The smallest absolute Gasteiger partial charge is 0.544 e. The van der Waals surface area contributed by atoms with E-state index in [0.717, 1.165) is 0 Å². The zero-order chi connectivity index (χ0) is 20.5. The molecular formula is C22H17LiNO5P. The van der Waals surface area contributed by atoms with Crippen LogP contribution in [0.3, 0.4) is 0 Å². The number of aliphatic hydroxyl groups is 1. The first-order valence-corrected chi connectivity index (χ1v) is 10.5. The number of carboxylic acids is 1. The van der Waals surface area contributed by atoms with Crippen molar-refractivity contribution in [2.45, 2.75) is 5.72 Å². The Morgan fingerprint density at radius 2 is 1.40 bits per heavy atom. The molecule has 1 aliphatic heterocycles. The number of fused-ring (bicyclic) bond motifs is 1. The maximum atomic E-state index is 14.2. The molecule has 3 aromatic carbocycles. The van der Waals surface area contributed by atoms with Crippen LogP contribution in [0.2, 0.25) is 0 Å². The minimum Gasteiger partial charge on any atom is -0.544 e. The molecular weight excluding hydrogens is 396 g/mol. The molecule has 8 heteroatoms. The first-order valence-electron chi connectivity index (χ1n) is 8.87. The molecule has 0 spiro atoms. The third kappa shape index (κ3) is 3.71. The summed E-state index contributed by atoms with van der Waals surface area (Å²) in [6, 6.07) is 23.4. The van der Waals surface area contributed by atoms with E-state index in [4.69, 9.17) is 4.52 Å². The molecule has 0 aliphatic carbocycles. The topological polar surface area (TPSA) is 98.7 Å². The van der Waals surface area contributed by atoms with E-state index >= 15 is 0 Å². The Labute approximate surface area is 185 Å². The SMILES string of the molecule is O=C([O-])C1(OP(=O)(c2ccccc2)c2ccccc2)Nc2ccccc2C=C1O.[Li+]. The first-order chi connectivity index (χ1) is 14.0. The van der Waals surface area contributed by atoms with Crippen LogP contribution in [0.15, 0.2) is 90.7 Å². The zero-order valence-corrected chi connectivity index (χ0v) is 17.1. The number of carbonyl (C=O) groups is 1. The summed E-state index contributed by atoms with van der Waals surface area (Å²) < 4.78 is 20.0. The predicted octanol–water partition coefficient (Wildman–Crippen LogP) is -0.593. The van der Waals surface area contributed by atoms with Gasteiger partial charge in [-0.15, -0.1) is 0 Å². The van der Waals surface area contributed by atoms with Crippen molar-refractivity contribution < 1.29 is 43.0 Å². The molecule has 146 valence electrons. The van der Waals surface area contributed by atoms with Crippen LogP contribution in [-0.4, -0.2) is 16.8 Å². The van der Waals surface area contributed by atoms with Crippen LogP contribution in [-0.2, 0) is 13.9 Å². The van der Waals surface area contributed by atoms with Crippen molar-refractivity contribution >= 4 is 35.7 Å². The summed E-state index contributed by atoms with van der Waals surface area (Å²) in [5.41, 5.74) is -1.54. The van der Waals surface area contributed by atoms with E-state index in [0.29, 0.717) is 21.9 Å². The number of anilines is 1. The third-order valence-corrected chi connectivity index (χ3v) is 7.16. The number of hydrogen-bond acceptors (Lipinski definition) is 6. The van der Waals surface area contributed by atoms with Crippen LogP contribution >= 0.6 is 7.37 Å². The summed E-state index contributed by atoms with van der Waals surface area (Å²) in [7, 11) is -3.95. The average molecular weight is 413 g/mol. The van der Waals surface area contributed by atoms with E-state index in [2.05, 4.69) is 5.32 Å². The molecule has 1 aliphatic rings. The normalized spacial score (nSPS) is 17.7. The second-order valence-corrected chi connectivity index (χ2v) is 8.84. The van der Waals surface area contributed by atoms with Crippen molar-refractivity contribution in [3.63, 3.8) is 0 Å². The Kier molecular flexibility index (Phi) is 6.26. The number of aliphatic hydroxyl groups excluding tert-OH is 1. The molecule has 1 atom stereocenters. The van der Waals surface area contributed by atoms with Gasteiger partial charge in [-0.2, -0.15) is 0 Å². The molecule has 30 heavy (non-hydrogen) atoms. The summed E-state index contributed by atoms with van der Waals surface area (Å²) in [6.45, 7) is 0. The van der Waals surface area contributed by atoms with Gasteiger partial charge in [-0.3, -0.25) is 9.09 Å². The van der Waals surface area contributed by atoms with Gasteiger partial charge < -0.3 is 20.3 Å². The van der Waals surface area contributed by atoms with Crippen LogP contribution in [0.5, 0.6) is 0 Å². The molecule has 4 rings (SSSR count). The van der Waals surface area contributed by atoms with E-state index in [1.54, 1.807) is 84.9 Å². The minimum absolute atomic E-state index is 0. The van der Waals surface area contributed by atoms with Crippen LogP contribution in [0.4, 0.5) is 5.69 Å². The summed E-state index contributed by atoms with van der Waals surface area (Å²) in [5.74, 6) is -2.41. The minimum atomic E-state index is -3.95. The number of carboxylic acid groups (broad SMARTS) is 1. The van der Waals surface area contributed by atoms with E-state index in [9.17, 15) is 19.6 Å². The Morgan fingerprint density at radius 1 is 0.900 bits per heavy atom. The molecule has 0 saturated carbocycles. The largest absolute Gasteiger partial charge is 1.00 e. The second-order valence-electron chi connectivity index (χ2n) is 6.52. The first kappa shape index (κ1) is 22.0. The number of benzene rings is 3. The van der Waals surface area contributed by atoms with Gasteiger partial charge in [-0.1, -0.05) is 54.6 Å². The standard InChI is InChI=1S/C22H18NO5P.Li/c24-20-15-16-9-7-8-14-19(16)23-22(20,21(25)26)28-29(27,17-10-3-1-4-11-17)18-12-5-2-6-13-18;/h1-15,23-24H,(H,25,26);/q;+1/p-1. The Hall–Kier alpha value is -2.74. The molecule has 1 unspecified atom stereocenters. The summed E-state index contributed by atoms with van der Waals surface area (Å²) in [4.78, 5) is 12.2. The molecule has 0 radical (unpaired) electrons. The predicted molar refractivity (Wildman–Crippen MR) is 109 cm³/mol. The van der Waals surface area contributed by atoms with Crippen molar-refractivity contribution in [3.05, 3.63) is 96.3 Å². The second kappa shape index (κ2) is 8.55. The molecule has 0 saturated heterocycles. The van der Waals surface area contributed by atoms with Gasteiger partial charge in [0.25, 0.3) is 7.37 Å². The van der Waals surface area contributed by atoms with Crippen LogP contribution in [0.1, 0.15) is 5.56 Å². The number of para-hydroxylation sites is 1. The van der Waals surface area contributed by atoms with Gasteiger partial charge in [-0.25, -0.2) is 0 Å². The van der Waals surface area contributed by atoms with Gasteiger partial charge in [0.2, 0.25) is 5.72 Å². The van der Waals surface area contributed by atoms with Crippen LogP contribution in [0, 0.1) is 0 Å². The molecule has 3 aromatic rings. The van der Waals surface area contributed by atoms with Crippen molar-refractivity contribution in [3.8, 4) is 0 Å². The molecule has 0 amide bonds. The van der Waals surface area contributed by atoms with Gasteiger partial charge in [0.15, 0.2) is 5.76 Å². The van der Waals surface area contributed by atoms with E-state index in [-0.39, 0.29) is 18.9 Å². The van der Waals surface area contributed by atoms with Crippen molar-refractivity contribution in [1.29, 1.82) is 0 Å². The van der Waals surface area contributed by atoms with Gasteiger partial charge >= 0.3 is 18.9 Å². The van der Waals surface area contributed by atoms with Crippen molar-refractivity contribution in [2.24, 2.45) is 0 Å². The number of carbonyl (C=O) groups excluding carboxylic acids is 1. The number of nitrogens with one attached hydrogen (secondary N) is 1. The van der Waals surface area contributed by atoms with E-state index in [1.807, 2.05) is 0 Å². The Morgan fingerprint density at radius 3 is 1.93 bits per heavy atom. The fourth-order valence-electron chi connectivity index (χ4n) is 3.20. The fraction of sp³-hybridized carbons (Fsp3) is 0.0455. The molecule has 0 fully saturated rings. The summed E-state index contributed by atoms with van der Waals surface area (Å²) in [5, 5.41) is 26.1. The molecule has 6 nitrogen and oxygen atoms in total. The number of rotatable bonds is 5. The average Bonchev–Trinajstić information content (AvgIpc) is 2.75. The van der Waals surface area contributed by atoms with Gasteiger partial charge in [0.05, 0.1) is 0 Å². The third-order valence-electron chi connectivity index (χ3n) is 4.67. The fourth-order valence-corrected chi connectivity index (χ4v) is 5.44. The van der Waals surface area contributed by atoms with E-state index in [1.165, 1.54) is 6.08 Å². The Bertz CT molecular complexity index is 1090. The summed E-state index contributed by atoms with van der Waals surface area (Å²) >= 11 is 0. The number of hydrogen-bond donors (Lipinski definition) is 2. The summed E-state index contributed by atoms with van der Waals surface area (Å²) in [6.07, 6.45) is 1.27. The van der Waals surface area contributed by atoms with Crippen molar-refractivity contribution in [1.82, 2.24) is 0 Å². The quantitative estimate of drug-likeness (QED) is 0.429. The van der Waals surface area contributed by atoms with Gasteiger partial charge in [0, 0.05) is 21.9 Å². The van der Waals surface area contributed by atoms with Crippen molar-refractivity contribution in [2.75, 3.05) is 5.32 Å². The maximum absolute atomic E-state index is 14.2. The maximum Gasteiger partial charge on any atom is 1.00 e. The Balaban J connectivity index is 0.00000256. The van der Waals surface area contributed by atoms with Gasteiger partial charge in [0.1, 0.15) is 5.97 Å². The van der Waals surface area contributed by atoms with Crippen LogP contribution in [0.25, 0.3) is 6.08 Å². The van der Waals surface area contributed by atoms with Crippen LogP contribution < -0.4 is 39.9 Å². The van der Waals surface area contributed by atoms with Gasteiger partial charge in [-0.05, 0) is 36.4 Å².